The monoisotopic (exact) mass is 391 g/mol. The van der Waals surface area contributed by atoms with Crippen molar-refractivity contribution in [2.45, 2.75) is 19.4 Å². The maximum absolute atomic E-state index is 13.6. The molecule has 0 aromatic carbocycles. The van der Waals surface area contributed by atoms with Crippen LogP contribution in [0.1, 0.15) is 18.9 Å². The molecule has 0 saturated carbocycles. The summed E-state index contributed by atoms with van der Waals surface area (Å²) in [5, 5.41) is 0. The predicted octanol–water partition coefficient (Wildman–Crippen LogP) is 2.54. The normalized spacial score (nSPS) is 20.6. The van der Waals surface area contributed by atoms with E-state index in [0.717, 1.165) is 0 Å². The fraction of sp³-hybridized carbons (Fsp3) is 0.526. The standard InChI is InChI=1S/C19H23F2N5O2/c1-13-12-28-9-6-26(13)19-23-16(15-11-22-3-2-14(15)18(20)21)10-17(24-19)25-4-7-27-8-5-25/h2-3,10-11,13,18H,4-9,12H2,1H3. The first-order valence-electron chi connectivity index (χ1n) is 9.42. The molecule has 2 aliphatic heterocycles. The van der Waals surface area contributed by atoms with Gasteiger partial charge in [-0.3, -0.25) is 4.98 Å². The lowest BCUT2D eigenvalue weighted by Crippen LogP contribution is -2.45. The molecule has 150 valence electrons. The van der Waals surface area contributed by atoms with Crippen LogP contribution in [0.4, 0.5) is 20.5 Å². The van der Waals surface area contributed by atoms with Gasteiger partial charge in [0.05, 0.1) is 38.2 Å². The van der Waals surface area contributed by atoms with Crippen molar-refractivity contribution < 1.29 is 18.3 Å². The van der Waals surface area contributed by atoms with Gasteiger partial charge in [-0.15, -0.1) is 0 Å². The summed E-state index contributed by atoms with van der Waals surface area (Å²) in [6.07, 6.45) is 0.213. The minimum atomic E-state index is -2.61. The average molecular weight is 391 g/mol. The molecular weight excluding hydrogens is 368 g/mol. The highest BCUT2D eigenvalue weighted by Crippen LogP contribution is 2.32. The van der Waals surface area contributed by atoms with Gasteiger partial charge in [0, 0.05) is 49.2 Å². The molecule has 2 aromatic rings. The number of pyridine rings is 1. The third kappa shape index (κ3) is 3.90. The van der Waals surface area contributed by atoms with Gasteiger partial charge < -0.3 is 19.3 Å². The molecule has 1 unspecified atom stereocenters. The minimum Gasteiger partial charge on any atom is -0.378 e. The Morgan fingerprint density at radius 3 is 2.64 bits per heavy atom. The molecular formula is C19H23F2N5O2. The Kier molecular flexibility index (Phi) is 5.63. The number of rotatable bonds is 4. The quantitative estimate of drug-likeness (QED) is 0.794. The number of hydrogen-bond acceptors (Lipinski definition) is 7. The highest BCUT2D eigenvalue weighted by atomic mass is 19.3. The zero-order chi connectivity index (χ0) is 19.5. The van der Waals surface area contributed by atoms with E-state index >= 15 is 0 Å². The lowest BCUT2D eigenvalue weighted by molar-refractivity contribution is 0.0980. The number of nitrogens with zero attached hydrogens (tertiary/aromatic N) is 5. The van der Waals surface area contributed by atoms with E-state index in [2.05, 4.69) is 19.8 Å². The van der Waals surface area contributed by atoms with Gasteiger partial charge in [-0.2, -0.15) is 4.98 Å². The van der Waals surface area contributed by atoms with E-state index in [-0.39, 0.29) is 11.6 Å². The highest BCUT2D eigenvalue weighted by Gasteiger charge is 2.25. The molecule has 2 fully saturated rings. The van der Waals surface area contributed by atoms with E-state index < -0.39 is 6.43 Å². The maximum Gasteiger partial charge on any atom is 0.264 e. The Hall–Kier alpha value is -2.39. The summed E-state index contributed by atoms with van der Waals surface area (Å²) in [5.41, 5.74) is 0.702. The van der Waals surface area contributed by atoms with Gasteiger partial charge in [0.2, 0.25) is 5.95 Å². The number of anilines is 2. The molecule has 4 rings (SSSR count). The van der Waals surface area contributed by atoms with Gasteiger partial charge >= 0.3 is 0 Å². The minimum absolute atomic E-state index is 0.0809. The van der Waals surface area contributed by atoms with Gasteiger partial charge in [0.1, 0.15) is 5.82 Å². The van der Waals surface area contributed by atoms with Crippen LogP contribution in [0.5, 0.6) is 0 Å². The van der Waals surface area contributed by atoms with Crippen LogP contribution < -0.4 is 9.80 Å². The van der Waals surface area contributed by atoms with Gasteiger partial charge in [0.15, 0.2) is 0 Å². The summed E-state index contributed by atoms with van der Waals surface area (Å²) in [6, 6.07) is 3.21. The van der Waals surface area contributed by atoms with Crippen LogP contribution >= 0.6 is 0 Å². The lowest BCUT2D eigenvalue weighted by atomic mass is 10.1. The largest absolute Gasteiger partial charge is 0.378 e. The summed E-state index contributed by atoms with van der Waals surface area (Å²) in [4.78, 5) is 17.6. The van der Waals surface area contributed by atoms with Crippen LogP contribution in [0.15, 0.2) is 24.5 Å². The van der Waals surface area contributed by atoms with E-state index in [9.17, 15) is 8.78 Å². The fourth-order valence-electron chi connectivity index (χ4n) is 3.48. The summed E-state index contributed by atoms with van der Waals surface area (Å²) in [5.74, 6) is 1.24. The van der Waals surface area contributed by atoms with E-state index in [1.54, 1.807) is 6.07 Å². The van der Waals surface area contributed by atoms with Crippen molar-refractivity contribution in [2.75, 3.05) is 55.9 Å². The van der Waals surface area contributed by atoms with Crippen molar-refractivity contribution in [1.29, 1.82) is 0 Å². The van der Waals surface area contributed by atoms with Crippen molar-refractivity contribution in [1.82, 2.24) is 15.0 Å². The second-order valence-electron chi connectivity index (χ2n) is 6.89. The van der Waals surface area contributed by atoms with Crippen molar-refractivity contribution >= 4 is 11.8 Å². The first-order valence-corrected chi connectivity index (χ1v) is 9.42. The molecule has 7 nitrogen and oxygen atoms in total. The molecule has 0 aliphatic carbocycles. The topological polar surface area (TPSA) is 63.6 Å². The van der Waals surface area contributed by atoms with Crippen LogP contribution in [-0.4, -0.2) is 67.1 Å². The molecule has 28 heavy (non-hydrogen) atoms. The molecule has 0 radical (unpaired) electrons. The SMILES string of the molecule is CC1COCCN1c1nc(-c2cnccc2C(F)F)cc(N2CCOCC2)n1. The summed E-state index contributed by atoms with van der Waals surface area (Å²) in [6.45, 7) is 6.47. The third-order valence-corrected chi connectivity index (χ3v) is 5.03. The maximum atomic E-state index is 13.6. The molecule has 0 N–H and O–H groups in total. The van der Waals surface area contributed by atoms with Crippen molar-refractivity contribution in [3.05, 3.63) is 30.1 Å². The van der Waals surface area contributed by atoms with Crippen molar-refractivity contribution in [2.24, 2.45) is 0 Å². The zero-order valence-corrected chi connectivity index (χ0v) is 15.7. The molecule has 0 spiro atoms. The predicted molar refractivity (Wildman–Crippen MR) is 101 cm³/mol. The zero-order valence-electron chi connectivity index (χ0n) is 15.7. The van der Waals surface area contributed by atoms with Gasteiger partial charge in [-0.1, -0.05) is 0 Å². The molecule has 1 atom stereocenters. The molecule has 4 heterocycles. The van der Waals surface area contributed by atoms with Gasteiger partial charge in [0.25, 0.3) is 6.43 Å². The number of morpholine rings is 2. The first-order chi connectivity index (χ1) is 13.6. The van der Waals surface area contributed by atoms with E-state index in [0.29, 0.717) is 69.1 Å². The van der Waals surface area contributed by atoms with Crippen LogP contribution in [0, 0.1) is 0 Å². The van der Waals surface area contributed by atoms with Crippen LogP contribution in [0.25, 0.3) is 11.3 Å². The van der Waals surface area contributed by atoms with Crippen molar-refractivity contribution in [3.63, 3.8) is 0 Å². The smallest absolute Gasteiger partial charge is 0.264 e. The number of ether oxygens (including phenoxy) is 2. The Morgan fingerprint density at radius 2 is 1.89 bits per heavy atom. The van der Waals surface area contributed by atoms with E-state index in [1.807, 2.05) is 6.92 Å². The lowest BCUT2D eigenvalue weighted by Gasteiger charge is -2.35. The third-order valence-electron chi connectivity index (χ3n) is 5.03. The fourth-order valence-corrected chi connectivity index (χ4v) is 3.48. The van der Waals surface area contributed by atoms with Crippen LogP contribution in [0.3, 0.4) is 0 Å². The summed E-state index contributed by atoms with van der Waals surface area (Å²) < 4.78 is 38.1. The Bertz CT molecular complexity index is 817. The Labute approximate surface area is 162 Å². The number of halogens is 2. The second-order valence-corrected chi connectivity index (χ2v) is 6.89. The van der Waals surface area contributed by atoms with Crippen molar-refractivity contribution in [3.8, 4) is 11.3 Å². The van der Waals surface area contributed by atoms with Gasteiger partial charge in [-0.25, -0.2) is 13.8 Å². The number of alkyl halides is 2. The molecule has 9 heteroatoms. The highest BCUT2D eigenvalue weighted by molar-refractivity contribution is 5.68. The van der Waals surface area contributed by atoms with Gasteiger partial charge in [-0.05, 0) is 13.0 Å². The second kappa shape index (κ2) is 8.32. The molecule has 0 bridgehead atoms. The molecule has 2 saturated heterocycles. The van der Waals surface area contributed by atoms with Crippen LogP contribution in [0.2, 0.25) is 0 Å². The summed E-state index contributed by atoms with van der Waals surface area (Å²) >= 11 is 0. The van der Waals surface area contributed by atoms with E-state index in [4.69, 9.17) is 14.5 Å². The number of hydrogen-bond donors (Lipinski definition) is 0. The Morgan fingerprint density at radius 1 is 1.11 bits per heavy atom. The average Bonchev–Trinajstić information content (AvgIpc) is 2.74. The first kappa shape index (κ1) is 18.9. The molecule has 2 aliphatic rings. The number of aromatic nitrogens is 3. The molecule has 0 amide bonds. The summed E-state index contributed by atoms with van der Waals surface area (Å²) in [7, 11) is 0. The van der Waals surface area contributed by atoms with Crippen LogP contribution in [-0.2, 0) is 9.47 Å². The molecule has 2 aromatic heterocycles. The Balaban J connectivity index is 1.80. The van der Waals surface area contributed by atoms with E-state index in [1.165, 1.54) is 18.5 Å².